The lowest BCUT2D eigenvalue weighted by molar-refractivity contribution is -0.111. The van der Waals surface area contributed by atoms with Crippen LogP contribution in [0.15, 0.2) is 73.2 Å². The number of carbonyl (C=O) groups is 1. The second-order valence-corrected chi connectivity index (χ2v) is 5.47. The summed E-state index contributed by atoms with van der Waals surface area (Å²) >= 11 is 0. The van der Waals surface area contributed by atoms with Crippen LogP contribution in [0, 0.1) is 5.82 Å². The Bertz CT molecular complexity index is 943. The van der Waals surface area contributed by atoms with Gasteiger partial charge in [-0.25, -0.2) is 9.37 Å². The van der Waals surface area contributed by atoms with Gasteiger partial charge in [0.25, 0.3) is 0 Å². The molecular formula is C20H16FN3O2. The van der Waals surface area contributed by atoms with Gasteiger partial charge in [0.2, 0.25) is 11.8 Å². The molecule has 0 aliphatic carbocycles. The Labute approximate surface area is 150 Å². The molecule has 0 bridgehead atoms. The first kappa shape index (κ1) is 17.3. The second kappa shape index (κ2) is 8.02. The Morgan fingerprint density at radius 2 is 2.00 bits per heavy atom. The third kappa shape index (κ3) is 4.51. The number of rotatable bonds is 5. The molecule has 0 radical (unpaired) electrons. The number of benzene rings is 2. The summed E-state index contributed by atoms with van der Waals surface area (Å²) in [5, 5.41) is 2.73. The quantitative estimate of drug-likeness (QED) is 0.691. The smallest absolute Gasteiger partial charge is 0.248 e. The van der Waals surface area contributed by atoms with E-state index in [2.05, 4.69) is 15.3 Å². The summed E-state index contributed by atoms with van der Waals surface area (Å²) < 4.78 is 19.4. The molecule has 3 aromatic rings. The van der Waals surface area contributed by atoms with Crippen molar-refractivity contribution in [1.82, 2.24) is 9.97 Å². The molecule has 0 spiro atoms. The predicted molar refractivity (Wildman–Crippen MR) is 97.2 cm³/mol. The van der Waals surface area contributed by atoms with Gasteiger partial charge in [-0.3, -0.25) is 9.78 Å². The summed E-state index contributed by atoms with van der Waals surface area (Å²) in [7, 11) is 0. The van der Waals surface area contributed by atoms with E-state index in [-0.39, 0.29) is 11.7 Å². The average molecular weight is 349 g/mol. The van der Waals surface area contributed by atoms with Crippen molar-refractivity contribution in [2.24, 2.45) is 0 Å². The zero-order valence-corrected chi connectivity index (χ0v) is 14.0. The predicted octanol–water partition coefficient (Wildman–Crippen LogP) is 4.45. The summed E-state index contributed by atoms with van der Waals surface area (Å²) in [5.41, 5.74) is 1.48. The molecule has 0 saturated carbocycles. The Hall–Kier alpha value is -3.54. The van der Waals surface area contributed by atoms with Crippen molar-refractivity contribution in [1.29, 1.82) is 0 Å². The van der Waals surface area contributed by atoms with Crippen molar-refractivity contribution in [2.75, 3.05) is 5.32 Å². The van der Waals surface area contributed by atoms with Crippen LogP contribution in [0.2, 0.25) is 0 Å². The topological polar surface area (TPSA) is 64.1 Å². The fraction of sp³-hybridized carbons (Fsp3) is 0.0500. The van der Waals surface area contributed by atoms with Gasteiger partial charge in [0.15, 0.2) is 0 Å². The highest BCUT2D eigenvalue weighted by Gasteiger charge is 2.06. The van der Waals surface area contributed by atoms with Crippen LogP contribution in [0.5, 0.6) is 11.6 Å². The first-order valence-electron chi connectivity index (χ1n) is 7.90. The molecule has 6 heteroatoms. The van der Waals surface area contributed by atoms with Gasteiger partial charge in [0, 0.05) is 35.8 Å². The number of nitrogens with zero attached hydrogens (tertiary/aromatic N) is 2. The molecule has 26 heavy (non-hydrogen) atoms. The first-order chi connectivity index (χ1) is 12.6. The molecule has 1 amide bonds. The molecule has 2 aromatic carbocycles. The number of amides is 1. The van der Waals surface area contributed by atoms with Crippen LogP contribution in [-0.2, 0) is 4.79 Å². The summed E-state index contributed by atoms with van der Waals surface area (Å²) in [6.45, 7) is 1.69. The number of hydrogen-bond donors (Lipinski definition) is 1. The van der Waals surface area contributed by atoms with Crippen LogP contribution in [0.25, 0.3) is 5.57 Å². The number of hydrogen-bond acceptors (Lipinski definition) is 4. The van der Waals surface area contributed by atoms with Crippen LogP contribution in [0.3, 0.4) is 0 Å². The zero-order valence-electron chi connectivity index (χ0n) is 14.0. The van der Waals surface area contributed by atoms with E-state index >= 15 is 0 Å². The van der Waals surface area contributed by atoms with Gasteiger partial charge in [-0.1, -0.05) is 24.3 Å². The molecule has 0 aliphatic heterocycles. The van der Waals surface area contributed by atoms with Gasteiger partial charge < -0.3 is 10.1 Å². The number of aromatic nitrogens is 2. The minimum atomic E-state index is -0.367. The number of carbonyl (C=O) groups excluding carboxylic acids is 1. The van der Waals surface area contributed by atoms with E-state index in [0.29, 0.717) is 28.5 Å². The van der Waals surface area contributed by atoms with E-state index in [4.69, 9.17) is 4.74 Å². The fourth-order valence-electron chi connectivity index (χ4n) is 2.33. The SMILES string of the molecule is C/C(=C\C(=O)Nc1cccc(Oc2cnccn2)c1)c1ccccc1F. The lowest BCUT2D eigenvalue weighted by Crippen LogP contribution is -2.08. The Morgan fingerprint density at radius 3 is 2.77 bits per heavy atom. The molecule has 5 nitrogen and oxygen atoms in total. The van der Waals surface area contributed by atoms with E-state index in [9.17, 15) is 9.18 Å². The third-order valence-corrected chi connectivity index (χ3v) is 3.51. The lowest BCUT2D eigenvalue weighted by Gasteiger charge is -2.08. The van der Waals surface area contributed by atoms with Crippen molar-refractivity contribution in [3.05, 3.63) is 84.6 Å². The molecule has 0 atom stereocenters. The Kier molecular flexibility index (Phi) is 5.34. The normalized spacial score (nSPS) is 11.1. The molecule has 0 saturated heterocycles. The van der Waals surface area contributed by atoms with Gasteiger partial charge >= 0.3 is 0 Å². The molecular weight excluding hydrogens is 333 g/mol. The maximum absolute atomic E-state index is 13.8. The van der Waals surface area contributed by atoms with Crippen LogP contribution in [0.1, 0.15) is 12.5 Å². The molecule has 1 heterocycles. The van der Waals surface area contributed by atoms with Gasteiger partial charge in [-0.2, -0.15) is 0 Å². The highest BCUT2D eigenvalue weighted by Crippen LogP contribution is 2.22. The molecule has 0 unspecified atom stereocenters. The Morgan fingerprint density at radius 1 is 1.15 bits per heavy atom. The summed E-state index contributed by atoms with van der Waals surface area (Å²) in [6.07, 6.45) is 5.92. The van der Waals surface area contributed by atoms with Gasteiger partial charge in [0.05, 0.1) is 6.20 Å². The minimum absolute atomic E-state index is 0.353. The first-order valence-corrected chi connectivity index (χ1v) is 7.90. The van der Waals surface area contributed by atoms with Crippen LogP contribution in [0.4, 0.5) is 10.1 Å². The van der Waals surface area contributed by atoms with Crippen LogP contribution in [-0.4, -0.2) is 15.9 Å². The fourth-order valence-corrected chi connectivity index (χ4v) is 2.33. The Balaban J connectivity index is 1.71. The number of ether oxygens (including phenoxy) is 1. The largest absolute Gasteiger partial charge is 0.437 e. The standard InChI is InChI=1S/C20H16FN3O2/c1-14(17-7-2-3-8-18(17)21)11-19(25)24-15-5-4-6-16(12-15)26-20-13-22-9-10-23-20/h2-13H,1H3,(H,24,25)/b14-11+. The molecule has 1 N–H and O–H groups in total. The second-order valence-electron chi connectivity index (χ2n) is 5.47. The van der Waals surface area contributed by atoms with Crippen molar-refractivity contribution >= 4 is 17.2 Å². The maximum Gasteiger partial charge on any atom is 0.248 e. The number of nitrogens with one attached hydrogen (secondary N) is 1. The van der Waals surface area contributed by atoms with Crippen molar-refractivity contribution in [2.45, 2.75) is 6.92 Å². The summed E-state index contributed by atoms with van der Waals surface area (Å²) in [5.74, 6) is 0.139. The van der Waals surface area contributed by atoms with Crippen LogP contribution < -0.4 is 10.1 Å². The van der Waals surface area contributed by atoms with Gasteiger partial charge in [0.1, 0.15) is 11.6 Å². The van der Waals surface area contributed by atoms with Crippen molar-refractivity contribution in [3.8, 4) is 11.6 Å². The number of anilines is 1. The van der Waals surface area contributed by atoms with E-state index in [1.54, 1.807) is 55.6 Å². The van der Waals surface area contributed by atoms with Crippen LogP contribution >= 0.6 is 0 Å². The van der Waals surface area contributed by atoms with Gasteiger partial charge in [-0.05, 0) is 30.7 Å². The van der Waals surface area contributed by atoms with Crippen molar-refractivity contribution in [3.63, 3.8) is 0 Å². The zero-order chi connectivity index (χ0) is 18.4. The molecule has 0 aliphatic rings. The average Bonchev–Trinajstić information content (AvgIpc) is 2.63. The van der Waals surface area contributed by atoms with E-state index in [1.165, 1.54) is 24.5 Å². The monoisotopic (exact) mass is 349 g/mol. The summed E-state index contributed by atoms with van der Waals surface area (Å²) in [4.78, 5) is 20.2. The highest BCUT2D eigenvalue weighted by atomic mass is 19.1. The molecule has 130 valence electrons. The third-order valence-electron chi connectivity index (χ3n) is 3.51. The van der Waals surface area contributed by atoms with Gasteiger partial charge in [-0.15, -0.1) is 0 Å². The molecule has 0 fully saturated rings. The highest BCUT2D eigenvalue weighted by molar-refractivity contribution is 6.03. The van der Waals surface area contributed by atoms with E-state index in [0.717, 1.165) is 0 Å². The summed E-state index contributed by atoms with van der Waals surface area (Å²) in [6, 6.07) is 13.2. The van der Waals surface area contributed by atoms with E-state index in [1.807, 2.05) is 0 Å². The van der Waals surface area contributed by atoms with E-state index < -0.39 is 0 Å². The number of allylic oxidation sites excluding steroid dienone is 1. The maximum atomic E-state index is 13.8. The minimum Gasteiger partial charge on any atom is -0.437 e. The van der Waals surface area contributed by atoms with Crippen molar-refractivity contribution < 1.29 is 13.9 Å². The number of halogens is 1. The molecule has 1 aromatic heterocycles. The lowest BCUT2D eigenvalue weighted by atomic mass is 10.1. The molecule has 3 rings (SSSR count).